The SMILES string of the molecule is Cc1nn(-c2ccccc2)c(C)c1NC(=O)N1CCOCC1CC(C)C. The second kappa shape index (κ2) is 7.91. The average Bonchev–Trinajstić information content (AvgIpc) is 2.90. The highest BCUT2D eigenvalue weighted by Crippen LogP contribution is 2.24. The lowest BCUT2D eigenvalue weighted by molar-refractivity contribution is 0.00857. The Balaban J connectivity index is 1.80. The Morgan fingerprint density at radius 1 is 1.31 bits per heavy atom. The molecule has 0 saturated carbocycles. The van der Waals surface area contributed by atoms with Crippen LogP contribution in [0.2, 0.25) is 0 Å². The van der Waals surface area contributed by atoms with E-state index in [1.165, 1.54) is 0 Å². The Morgan fingerprint density at radius 2 is 2.04 bits per heavy atom. The van der Waals surface area contributed by atoms with E-state index >= 15 is 0 Å². The van der Waals surface area contributed by atoms with Gasteiger partial charge in [0.1, 0.15) is 0 Å². The fourth-order valence-electron chi connectivity index (χ4n) is 3.48. The summed E-state index contributed by atoms with van der Waals surface area (Å²) in [6.07, 6.45) is 0.939. The van der Waals surface area contributed by atoms with E-state index in [1.807, 2.05) is 53.8 Å². The first-order valence-electron chi connectivity index (χ1n) is 9.24. The fourth-order valence-corrected chi connectivity index (χ4v) is 3.48. The number of rotatable bonds is 4. The van der Waals surface area contributed by atoms with Gasteiger partial charge in [-0.25, -0.2) is 9.48 Å². The Labute approximate surface area is 155 Å². The number of benzene rings is 1. The van der Waals surface area contributed by atoms with Crippen molar-refractivity contribution in [3.05, 3.63) is 41.7 Å². The molecule has 1 aromatic heterocycles. The molecule has 1 saturated heterocycles. The van der Waals surface area contributed by atoms with Gasteiger partial charge < -0.3 is 15.0 Å². The molecule has 1 aliphatic heterocycles. The lowest BCUT2D eigenvalue weighted by Crippen LogP contribution is -2.50. The standard InChI is InChI=1S/C20H28N4O2/c1-14(2)12-18-13-26-11-10-23(18)20(25)21-19-15(3)22-24(16(19)4)17-8-6-5-7-9-17/h5-9,14,18H,10-13H2,1-4H3,(H,21,25). The molecule has 140 valence electrons. The zero-order valence-corrected chi connectivity index (χ0v) is 16.0. The fraction of sp³-hybridized carbons (Fsp3) is 0.500. The summed E-state index contributed by atoms with van der Waals surface area (Å²) in [6.45, 7) is 10.1. The van der Waals surface area contributed by atoms with Gasteiger partial charge in [0.25, 0.3) is 0 Å². The van der Waals surface area contributed by atoms with Gasteiger partial charge in [-0.05, 0) is 38.3 Å². The number of hydrogen-bond donors (Lipinski definition) is 1. The van der Waals surface area contributed by atoms with Crippen LogP contribution in [0.4, 0.5) is 10.5 Å². The molecule has 0 spiro atoms. The van der Waals surface area contributed by atoms with Gasteiger partial charge in [-0.2, -0.15) is 5.10 Å². The quantitative estimate of drug-likeness (QED) is 0.907. The zero-order valence-electron chi connectivity index (χ0n) is 16.0. The van der Waals surface area contributed by atoms with E-state index in [1.54, 1.807) is 0 Å². The number of ether oxygens (including phenoxy) is 1. The molecule has 2 amide bonds. The molecule has 2 aromatic rings. The molecule has 3 rings (SSSR count). The second-order valence-corrected chi connectivity index (χ2v) is 7.28. The van der Waals surface area contributed by atoms with Crippen LogP contribution in [0, 0.1) is 19.8 Å². The number of urea groups is 1. The van der Waals surface area contributed by atoms with Crippen LogP contribution in [-0.4, -0.2) is 46.5 Å². The Hall–Kier alpha value is -2.34. The maximum atomic E-state index is 12.9. The first kappa shape index (κ1) is 18.5. The third kappa shape index (κ3) is 3.90. The van der Waals surface area contributed by atoms with Gasteiger partial charge in [-0.3, -0.25) is 0 Å². The highest BCUT2D eigenvalue weighted by atomic mass is 16.5. The number of amides is 2. The molecule has 1 aromatic carbocycles. The van der Waals surface area contributed by atoms with Crippen molar-refractivity contribution in [3.63, 3.8) is 0 Å². The predicted octanol–water partition coefficient (Wildman–Crippen LogP) is 3.77. The van der Waals surface area contributed by atoms with E-state index in [9.17, 15) is 4.79 Å². The zero-order chi connectivity index (χ0) is 18.7. The Morgan fingerprint density at radius 3 is 2.73 bits per heavy atom. The lowest BCUT2D eigenvalue weighted by atomic mass is 10.0. The molecule has 26 heavy (non-hydrogen) atoms. The minimum atomic E-state index is -0.0715. The molecular weight excluding hydrogens is 328 g/mol. The Bertz CT molecular complexity index is 755. The van der Waals surface area contributed by atoms with Gasteiger partial charge >= 0.3 is 6.03 Å². The van der Waals surface area contributed by atoms with Crippen molar-refractivity contribution in [1.29, 1.82) is 0 Å². The second-order valence-electron chi connectivity index (χ2n) is 7.28. The highest BCUT2D eigenvalue weighted by molar-refractivity contribution is 5.91. The van der Waals surface area contributed by atoms with E-state index in [4.69, 9.17) is 4.74 Å². The molecule has 1 fully saturated rings. The van der Waals surface area contributed by atoms with Crippen molar-refractivity contribution in [1.82, 2.24) is 14.7 Å². The van der Waals surface area contributed by atoms with Gasteiger partial charge in [0.15, 0.2) is 0 Å². The van der Waals surface area contributed by atoms with Crippen LogP contribution in [0.5, 0.6) is 0 Å². The van der Waals surface area contributed by atoms with Crippen LogP contribution in [0.15, 0.2) is 30.3 Å². The number of aryl methyl sites for hydroxylation is 1. The summed E-state index contributed by atoms with van der Waals surface area (Å²) in [5, 5.41) is 7.69. The van der Waals surface area contributed by atoms with Crippen LogP contribution in [0.1, 0.15) is 31.7 Å². The summed E-state index contributed by atoms with van der Waals surface area (Å²) in [6, 6.07) is 10.00. The van der Waals surface area contributed by atoms with E-state index in [0.29, 0.717) is 25.7 Å². The van der Waals surface area contributed by atoms with Crippen molar-refractivity contribution in [2.75, 3.05) is 25.1 Å². The summed E-state index contributed by atoms with van der Waals surface area (Å²) in [4.78, 5) is 14.8. The van der Waals surface area contributed by atoms with Gasteiger partial charge in [-0.15, -0.1) is 0 Å². The predicted molar refractivity (Wildman–Crippen MR) is 103 cm³/mol. The molecule has 6 nitrogen and oxygen atoms in total. The molecule has 2 heterocycles. The number of carbonyl (C=O) groups is 1. The summed E-state index contributed by atoms with van der Waals surface area (Å²) in [5.74, 6) is 0.515. The minimum Gasteiger partial charge on any atom is -0.377 e. The van der Waals surface area contributed by atoms with E-state index in [2.05, 4.69) is 24.3 Å². The maximum absolute atomic E-state index is 12.9. The smallest absolute Gasteiger partial charge is 0.322 e. The van der Waals surface area contributed by atoms with Crippen molar-refractivity contribution in [2.45, 2.75) is 40.2 Å². The van der Waals surface area contributed by atoms with Crippen LogP contribution < -0.4 is 5.32 Å². The molecule has 0 aliphatic carbocycles. The number of carbonyl (C=O) groups excluding carboxylic acids is 1. The lowest BCUT2D eigenvalue weighted by Gasteiger charge is -2.36. The van der Waals surface area contributed by atoms with Gasteiger partial charge in [0, 0.05) is 6.54 Å². The number of nitrogens with one attached hydrogen (secondary N) is 1. The van der Waals surface area contributed by atoms with Crippen LogP contribution >= 0.6 is 0 Å². The van der Waals surface area contributed by atoms with Crippen LogP contribution in [0.3, 0.4) is 0 Å². The largest absolute Gasteiger partial charge is 0.377 e. The van der Waals surface area contributed by atoms with Crippen LogP contribution in [0.25, 0.3) is 5.69 Å². The van der Waals surface area contributed by atoms with E-state index < -0.39 is 0 Å². The van der Waals surface area contributed by atoms with E-state index in [-0.39, 0.29) is 12.1 Å². The number of para-hydroxylation sites is 1. The van der Waals surface area contributed by atoms with Gasteiger partial charge in [0.2, 0.25) is 0 Å². The number of aromatic nitrogens is 2. The van der Waals surface area contributed by atoms with Gasteiger partial charge in [-0.1, -0.05) is 32.0 Å². The number of anilines is 1. The van der Waals surface area contributed by atoms with Crippen molar-refractivity contribution < 1.29 is 9.53 Å². The van der Waals surface area contributed by atoms with Crippen LogP contribution in [-0.2, 0) is 4.74 Å². The molecule has 0 radical (unpaired) electrons. The topological polar surface area (TPSA) is 59.4 Å². The summed E-state index contributed by atoms with van der Waals surface area (Å²) in [5.41, 5.74) is 3.51. The number of nitrogens with zero attached hydrogens (tertiary/aromatic N) is 3. The molecule has 6 heteroatoms. The first-order chi connectivity index (χ1) is 12.5. The number of hydrogen-bond acceptors (Lipinski definition) is 3. The monoisotopic (exact) mass is 356 g/mol. The molecular formula is C20H28N4O2. The minimum absolute atomic E-state index is 0.0715. The number of morpholine rings is 1. The third-order valence-electron chi connectivity index (χ3n) is 4.76. The highest BCUT2D eigenvalue weighted by Gasteiger charge is 2.29. The maximum Gasteiger partial charge on any atom is 0.322 e. The summed E-state index contributed by atoms with van der Waals surface area (Å²) in [7, 11) is 0. The summed E-state index contributed by atoms with van der Waals surface area (Å²) < 4.78 is 7.46. The first-order valence-corrected chi connectivity index (χ1v) is 9.24. The molecule has 1 unspecified atom stereocenters. The molecule has 0 bridgehead atoms. The van der Waals surface area contributed by atoms with Crippen molar-refractivity contribution in [3.8, 4) is 5.69 Å². The average molecular weight is 356 g/mol. The van der Waals surface area contributed by atoms with E-state index in [0.717, 1.165) is 29.2 Å². The Kier molecular flexibility index (Phi) is 5.61. The van der Waals surface area contributed by atoms with Crippen molar-refractivity contribution in [2.24, 2.45) is 5.92 Å². The summed E-state index contributed by atoms with van der Waals surface area (Å²) >= 11 is 0. The third-order valence-corrected chi connectivity index (χ3v) is 4.76. The normalized spacial score (nSPS) is 17.6. The van der Waals surface area contributed by atoms with Gasteiger partial charge in [0.05, 0.1) is 42.0 Å². The molecule has 1 atom stereocenters. The molecule has 1 N–H and O–H groups in total. The molecule has 1 aliphatic rings. The van der Waals surface area contributed by atoms with Crippen molar-refractivity contribution >= 4 is 11.7 Å².